The topological polar surface area (TPSA) is 54.4 Å². The average molecular weight is 208 g/mol. The van der Waals surface area contributed by atoms with E-state index in [0.29, 0.717) is 6.29 Å². The van der Waals surface area contributed by atoms with E-state index in [4.69, 9.17) is 5.11 Å². The van der Waals surface area contributed by atoms with Crippen LogP contribution in [0.1, 0.15) is 22.3 Å². The Bertz CT molecular complexity index is 410. The van der Waals surface area contributed by atoms with Gasteiger partial charge in [0.1, 0.15) is 17.7 Å². The molecule has 1 rings (SSSR count). The van der Waals surface area contributed by atoms with E-state index in [1.54, 1.807) is 0 Å². The second-order valence-electron chi connectivity index (χ2n) is 2.81. The maximum absolute atomic E-state index is 13.1. The summed E-state index contributed by atoms with van der Waals surface area (Å²) in [5.74, 6) is -2.10. The van der Waals surface area contributed by atoms with Gasteiger partial charge in [0.2, 0.25) is 0 Å². The van der Waals surface area contributed by atoms with Crippen molar-refractivity contribution in [1.82, 2.24) is 0 Å². The van der Waals surface area contributed by atoms with Gasteiger partial charge >= 0.3 is 5.97 Å². The van der Waals surface area contributed by atoms with Gasteiger partial charge in [0.05, 0.1) is 0 Å². The van der Waals surface area contributed by atoms with Gasteiger partial charge < -0.3 is 9.90 Å². The van der Waals surface area contributed by atoms with Crippen LogP contribution in [-0.2, 0) is 4.79 Å². The zero-order valence-corrected chi connectivity index (χ0v) is 7.81. The smallest absolute Gasteiger partial charge is 0.339 e. The minimum Gasteiger partial charge on any atom is -0.478 e. The van der Waals surface area contributed by atoms with E-state index in [1.165, 1.54) is 24.3 Å². The molecule has 0 fully saturated rings. The van der Waals surface area contributed by atoms with Crippen LogP contribution in [0.2, 0.25) is 0 Å². The molecule has 0 aliphatic carbocycles. The van der Waals surface area contributed by atoms with Gasteiger partial charge in [-0.25, -0.2) is 9.18 Å². The molecule has 0 aliphatic rings. The molecule has 1 aromatic carbocycles. The van der Waals surface area contributed by atoms with E-state index in [9.17, 15) is 14.0 Å². The molecule has 1 aromatic rings. The molecule has 0 spiro atoms. The van der Waals surface area contributed by atoms with Crippen molar-refractivity contribution in [1.29, 1.82) is 0 Å². The summed E-state index contributed by atoms with van der Waals surface area (Å²) in [4.78, 5) is 20.8. The van der Waals surface area contributed by atoms with Crippen LogP contribution in [0.5, 0.6) is 0 Å². The third-order valence-electron chi connectivity index (χ3n) is 1.79. The molecule has 0 amide bonds. The van der Waals surface area contributed by atoms with Crippen LogP contribution < -0.4 is 0 Å². The number of carboxylic acids is 1. The van der Waals surface area contributed by atoms with Gasteiger partial charge in [-0.3, -0.25) is 0 Å². The molecule has 78 valence electrons. The highest BCUT2D eigenvalue weighted by Gasteiger charge is 2.13. The highest BCUT2D eigenvalue weighted by atomic mass is 19.1. The van der Waals surface area contributed by atoms with E-state index in [-0.39, 0.29) is 17.5 Å². The molecule has 4 heteroatoms. The number of rotatable bonds is 4. The maximum atomic E-state index is 13.1. The molecule has 0 saturated carbocycles. The highest BCUT2D eigenvalue weighted by Crippen LogP contribution is 2.15. The number of carboxylic acid groups (broad SMARTS) is 1. The SMILES string of the molecule is O=CCC=Cc1cccc(F)c1C(=O)O. The number of aromatic carboxylic acids is 1. The summed E-state index contributed by atoms with van der Waals surface area (Å²) >= 11 is 0. The van der Waals surface area contributed by atoms with E-state index in [1.807, 2.05) is 0 Å². The van der Waals surface area contributed by atoms with Crippen molar-refractivity contribution in [2.45, 2.75) is 6.42 Å². The zero-order valence-electron chi connectivity index (χ0n) is 7.81. The summed E-state index contributed by atoms with van der Waals surface area (Å²) in [6.45, 7) is 0. The fraction of sp³-hybridized carbons (Fsp3) is 0.0909. The van der Waals surface area contributed by atoms with Crippen LogP contribution in [0.15, 0.2) is 24.3 Å². The van der Waals surface area contributed by atoms with Crippen LogP contribution in [0.25, 0.3) is 6.08 Å². The molecule has 15 heavy (non-hydrogen) atoms. The molecule has 3 nitrogen and oxygen atoms in total. The standard InChI is InChI=1S/C11H9FO3/c12-9-6-3-5-8(4-1-2-7-13)10(9)11(14)15/h1,3-7H,2H2,(H,14,15). The number of carbonyl (C=O) groups is 2. The van der Waals surface area contributed by atoms with Crippen LogP contribution in [-0.4, -0.2) is 17.4 Å². The van der Waals surface area contributed by atoms with Crippen molar-refractivity contribution in [3.05, 3.63) is 41.2 Å². The van der Waals surface area contributed by atoms with Gasteiger partial charge in [-0.1, -0.05) is 24.3 Å². The average Bonchev–Trinajstić information content (AvgIpc) is 2.17. The van der Waals surface area contributed by atoms with E-state index in [2.05, 4.69) is 0 Å². The lowest BCUT2D eigenvalue weighted by atomic mass is 10.1. The molecule has 0 radical (unpaired) electrons. The van der Waals surface area contributed by atoms with Crippen molar-refractivity contribution < 1.29 is 19.1 Å². The Kier molecular flexibility index (Phi) is 3.74. The summed E-state index contributed by atoms with van der Waals surface area (Å²) in [5.41, 5.74) is -0.121. The van der Waals surface area contributed by atoms with Crippen LogP contribution >= 0.6 is 0 Å². The Morgan fingerprint density at radius 1 is 1.47 bits per heavy atom. The summed E-state index contributed by atoms with van der Waals surface area (Å²) in [7, 11) is 0. The fourth-order valence-corrected chi connectivity index (χ4v) is 1.16. The largest absolute Gasteiger partial charge is 0.478 e. The first kappa shape index (κ1) is 11.1. The molecule has 0 aliphatic heterocycles. The number of carbonyl (C=O) groups excluding carboxylic acids is 1. The lowest BCUT2D eigenvalue weighted by molar-refractivity contribution is -0.107. The van der Waals surface area contributed by atoms with Gasteiger partial charge in [-0.2, -0.15) is 0 Å². The molecular formula is C11H9FO3. The number of benzene rings is 1. The lowest BCUT2D eigenvalue weighted by Gasteiger charge is -2.01. The van der Waals surface area contributed by atoms with E-state index < -0.39 is 11.8 Å². The third kappa shape index (κ3) is 2.74. The summed E-state index contributed by atoms with van der Waals surface area (Å²) in [6, 6.07) is 3.98. The monoisotopic (exact) mass is 208 g/mol. The first-order valence-electron chi connectivity index (χ1n) is 4.28. The molecular weight excluding hydrogens is 199 g/mol. The number of hydrogen-bond acceptors (Lipinski definition) is 2. The summed E-state index contributed by atoms with van der Waals surface area (Å²) in [6.07, 6.45) is 3.75. The van der Waals surface area contributed by atoms with E-state index >= 15 is 0 Å². The molecule has 0 atom stereocenters. The third-order valence-corrected chi connectivity index (χ3v) is 1.79. The van der Waals surface area contributed by atoms with Crippen LogP contribution in [0.4, 0.5) is 4.39 Å². The predicted molar refractivity (Wildman–Crippen MR) is 53.1 cm³/mol. The number of aldehydes is 1. The van der Waals surface area contributed by atoms with Gasteiger partial charge in [0.25, 0.3) is 0 Å². The van der Waals surface area contributed by atoms with Gasteiger partial charge in [0.15, 0.2) is 0 Å². The molecule has 0 heterocycles. The number of hydrogen-bond donors (Lipinski definition) is 1. The molecule has 0 bridgehead atoms. The summed E-state index contributed by atoms with van der Waals surface area (Å²) < 4.78 is 13.1. The molecule has 0 unspecified atom stereocenters. The first-order chi connectivity index (χ1) is 7.16. The van der Waals surface area contributed by atoms with Crippen molar-refractivity contribution >= 4 is 18.3 Å². The highest BCUT2D eigenvalue weighted by molar-refractivity contribution is 5.92. The van der Waals surface area contributed by atoms with Crippen molar-refractivity contribution in [2.24, 2.45) is 0 Å². The number of halogens is 1. The van der Waals surface area contributed by atoms with Crippen molar-refractivity contribution in [3.8, 4) is 0 Å². The Labute approximate surface area is 85.8 Å². The fourth-order valence-electron chi connectivity index (χ4n) is 1.16. The Morgan fingerprint density at radius 2 is 2.20 bits per heavy atom. The predicted octanol–water partition coefficient (Wildman–Crippen LogP) is 2.13. The van der Waals surface area contributed by atoms with Crippen molar-refractivity contribution in [3.63, 3.8) is 0 Å². The molecule has 0 saturated heterocycles. The van der Waals surface area contributed by atoms with Crippen molar-refractivity contribution in [2.75, 3.05) is 0 Å². The zero-order chi connectivity index (χ0) is 11.3. The van der Waals surface area contributed by atoms with Gasteiger partial charge in [-0.05, 0) is 11.6 Å². The minimum atomic E-state index is -1.32. The first-order valence-corrected chi connectivity index (χ1v) is 4.28. The van der Waals surface area contributed by atoms with Crippen LogP contribution in [0.3, 0.4) is 0 Å². The lowest BCUT2D eigenvalue weighted by Crippen LogP contribution is -2.03. The Balaban J connectivity index is 3.11. The quantitative estimate of drug-likeness (QED) is 0.771. The van der Waals surface area contributed by atoms with Gasteiger partial charge in [-0.15, -0.1) is 0 Å². The second-order valence-corrected chi connectivity index (χ2v) is 2.81. The van der Waals surface area contributed by atoms with E-state index in [0.717, 1.165) is 6.07 Å². The minimum absolute atomic E-state index is 0.176. The van der Waals surface area contributed by atoms with Gasteiger partial charge in [0, 0.05) is 6.42 Å². The van der Waals surface area contributed by atoms with Crippen LogP contribution in [0, 0.1) is 5.82 Å². The second kappa shape index (κ2) is 5.05. The number of allylic oxidation sites excluding steroid dienone is 1. The summed E-state index contributed by atoms with van der Waals surface area (Å²) in [5, 5.41) is 8.76. The normalized spacial score (nSPS) is 10.5. The maximum Gasteiger partial charge on any atom is 0.339 e. The Morgan fingerprint density at radius 3 is 2.80 bits per heavy atom. The Hall–Kier alpha value is -1.97. The molecule has 1 N–H and O–H groups in total. The molecule has 0 aromatic heterocycles.